The molecule has 0 radical (unpaired) electrons. The summed E-state index contributed by atoms with van der Waals surface area (Å²) >= 11 is 0. The number of hydrogen-bond acceptors (Lipinski definition) is 4. The van der Waals surface area contributed by atoms with Crippen molar-refractivity contribution in [3.8, 4) is 0 Å². The third-order valence-electron chi connectivity index (χ3n) is 3.86. The van der Waals surface area contributed by atoms with E-state index in [0.717, 1.165) is 0 Å². The van der Waals surface area contributed by atoms with E-state index in [1.54, 1.807) is 0 Å². The zero-order valence-electron chi connectivity index (χ0n) is 13.1. The molecule has 9 heteroatoms. The van der Waals surface area contributed by atoms with Gasteiger partial charge in [0.1, 0.15) is 18.3 Å². The molecule has 3 rings (SSSR count). The summed E-state index contributed by atoms with van der Waals surface area (Å²) in [6.45, 7) is 0.0391. The first-order chi connectivity index (χ1) is 11.9. The summed E-state index contributed by atoms with van der Waals surface area (Å²) in [4.78, 5) is 36.8. The molecule has 1 aromatic carbocycles. The van der Waals surface area contributed by atoms with Gasteiger partial charge >= 0.3 is 5.97 Å². The summed E-state index contributed by atoms with van der Waals surface area (Å²) in [6.07, 6.45) is 3.03. The number of aromatic nitrogens is 2. The second-order valence-electron chi connectivity index (χ2n) is 5.62. The van der Waals surface area contributed by atoms with E-state index >= 15 is 0 Å². The highest BCUT2D eigenvalue weighted by Gasteiger charge is 2.37. The van der Waals surface area contributed by atoms with Gasteiger partial charge in [-0.2, -0.15) is 5.10 Å². The van der Waals surface area contributed by atoms with Crippen LogP contribution in [0.15, 0.2) is 36.7 Å². The predicted molar refractivity (Wildman–Crippen MR) is 85.4 cm³/mol. The van der Waals surface area contributed by atoms with Crippen LogP contribution in [0.4, 0.5) is 15.8 Å². The number of amides is 2. The number of carbonyl (C=O) groups excluding carboxylic acids is 2. The van der Waals surface area contributed by atoms with Crippen LogP contribution in [0.1, 0.15) is 6.42 Å². The molecule has 2 N–H and O–H groups in total. The molecule has 1 aliphatic rings. The Morgan fingerprint density at radius 1 is 1.32 bits per heavy atom. The first-order valence-electron chi connectivity index (χ1n) is 7.56. The Morgan fingerprint density at radius 2 is 2.04 bits per heavy atom. The van der Waals surface area contributed by atoms with Crippen LogP contribution in [0.25, 0.3) is 0 Å². The number of carbonyl (C=O) groups is 3. The molecule has 2 aromatic rings. The molecule has 1 aromatic heterocycles. The third-order valence-corrected chi connectivity index (χ3v) is 3.86. The van der Waals surface area contributed by atoms with E-state index < -0.39 is 23.6 Å². The number of carboxylic acids is 1. The van der Waals surface area contributed by atoms with E-state index in [1.807, 2.05) is 0 Å². The van der Waals surface area contributed by atoms with Crippen molar-refractivity contribution in [1.29, 1.82) is 0 Å². The molecule has 1 unspecified atom stereocenters. The molecule has 1 saturated heterocycles. The number of carboxylic acid groups (broad SMARTS) is 1. The van der Waals surface area contributed by atoms with E-state index in [2.05, 4.69) is 10.4 Å². The molecule has 0 spiro atoms. The van der Waals surface area contributed by atoms with E-state index in [9.17, 15) is 18.8 Å². The number of benzene rings is 1. The number of nitrogens with zero attached hydrogens (tertiary/aromatic N) is 3. The smallest absolute Gasteiger partial charge is 0.325 e. The molecule has 1 atom stereocenters. The van der Waals surface area contributed by atoms with Crippen LogP contribution < -0.4 is 10.2 Å². The minimum atomic E-state index is -1.05. The summed E-state index contributed by atoms with van der Waals surface area (Å²) < 4.78 is 14.2. The van der Waals surface area contributed by atoms with Crippen LogP contribution in [0.2, 0.25) is 0 Å². The quantitative estimate of drug-likeness (QED) is 0.789. The summed E-state index contributed by atoms with van der Waals surface area (Å²) in [5.74, 6) is -3.15. The van der Waals surface area contributed by atoms with Gasteiger partial charge in [-0.1, -0.05) is 0 Å². The molecule has 1 fully saturated rings. The van der Waals surface area contributed by atoms with Crippen molar-refractivity contribution in [1.82, 2.24) is 9.78 Å². The average Bonchev–Trinajstić information content (AvgIpc) is 3.14. The first kappa shape index (κ1) is 16.6. The Labute approximate surface area is 141 Å². The Bertz CT molecular complexity index is 818. The van der Waals surface area contributed by atoms with Crippen LogP contribution in [-0.2, 0) is 20.9 Å². The van der Waals surface area contributed by atoms with Gasteiger partial charge in [-0.15, -0.1) is 0 Å². The maximum Gasteiger partial charge on any atom is 0.325 e. The van der Waals surface area contributed by atoms with Crippen LogP contribution >= 0.6 is 0 Å². The minimum absolute atomic E-state index is 0.319. The Hall–Kier alpha value is -3.23. The molecule has 2 amide bonds. The zero-order valence-corrected chi connectivity index (χ0v) is 13.1. The molecule has 1 aliphatic heterocycles. The van der Waals surface area contributed by atoms with Crippen molar-refractivity contribution in [2.24, 2.45) is 5.92 Å². The monoisotopic (exact) mass is 346 g/mol. The molecule has 2 heterocycles. The lowest BCUT2D eigenvalue weighted by molar-refractivity contribution is -0.138. The molecule has 8 nitrogen and oxygen atoms in total. The van der Waals surface area contributed by atoms with E-state index in [1.165, 1.54) is 46.2 Å². The number of nitrogens with one attached hydrogen (secondary N) is 1. The van der Waals surface area contributed by atoms with Gasteiger partial charge in [0.25, 0.3) is 0 Å². The van der Waals surface area contributed by atoms with Crippen LogP contribution in [0.3, 0.4) is 0 Å². The average molecular weight is 346 g/mol. The lowest BCUT2D eigenvalue weighted by Gasteiger charge is -2.16. The zero-order chi connectivity index (χ0) is 18.0. The maximum atomic E-state index is 13.0. The Kier molecular flexibility index (Phi) is 4.46. The summed E-state index contributed by atoms with van der Waals surface area (Å²) in [7, 11) is 0. The Morgan fingerprint density at radius 3 is 2.72 bits per heavy atom. The van der Waals surface area contributed by atoms with Gasteiger partial charge in [-0.25, -0.2) is 4.39 Å². The predicted octanol–water partition coefficient (Wildman–Crippen LogP) is 1.10. The number of halogens is 1. The number of rotatable bonds is 5. The lowest BCUT2D eigenvalue weighted by Crippen LogP contribution is -2.33. The SMILES string of the molecule is O=C(O)Cn1cc(NC(=O)C2CCN(c3ccc(F)cc3)C2=O)cn1. The highest BCUT2D eigenvalue weighted by Crippen LogP contribution is 2.26. The molecule has 25 heavy (non-hydrogen) atoms. The van der Waals surface area contributed by atoms with Gasteiger partial charge in [0.15, 0.2) is 0 Å². The van der Waals surface area contributed by atoms with Crippen molar-refractivity contribution in [3.63, 3.8) is 0 Å². The van der Waals surface area contributed by atoms with Crippen molar-refractivity contribution in [3.05, 3.63) is 42.5 Å². The fraction of sp³-hybridized carbons (Fsp3) is 0.250. The second-order valence-corrected chi connectivity index (χ2v) is 5.62. The number of hydrogen-bond donors (Lipinski definition) is 2. The summed E-state index contributed by atoms with van der Waals surface area (Å²) in [6, 6.07) is 5.49. The lowest BCUT2D eigenvalue weighted by atomic mass is 10.1. The highest BCUT2D eigenvalue weighted by molar-refractivity contribution is 6.13. The van der Waals surface area contributed by atoms with E-state index in [-0.39, 0.29) is 12.5 Å². The largest absolute Gasteiger partial charge is 0.480 e. The molecular weight excluding hydrogens is 331 g/mol. The molecule has 130 valence electrons. The fourth-order valence-corrected chi connectivity index (χ4v) is 2.68. The third kappa shape index (κ3) is 3.65. The van der Waals surface area contributed by atoms with Gasteiger partial charge in [0.2, 0.25) is 11.8 Å². The second kappa shape index (κ2) is 6.71. The van der Waals surface area contributed by atoms with E-state index in [0.29, 0.717) is 24.3 Å². The number of aliphatic carboxylic acids is 1. The fourth-order valence-electron chi connectivity index (χ4n) is 2.68. The summed E-state index contributed by atoms with van der Waals surface area (Å²) in [5, 5.41) is 15.1. The summed E-state index contributed by atoms with van der Waals surface area (Å²) in [5.41, 5.74) is 0.857. The van der Waals surface area contributed by atoms with Crippen LogP contribution in [-0.4, -0.2) is 39.2 Å². The Balaban J connectivity index is 1.65. The molecule has 0 saturated carbocycles. The van der Waals surface area contributed by atoms with Crippen molar-refractivity contribution < 1.29 is 23.9 Å². The van der Waals surface area contributed by atoms with E-state index in [4.69, 9.17) is 5.11 Å². The van der Waals surface area contributed by atoms with Gasteiger partial charge in [0, 0.05) is 18.4 Å². The van der Waals surface area contributed by atoms with Gasteiger partial charge in [-0.05, 0) is 30.7 Å². The van der Waals surface area contributed by atoms with Crippen LogP contribution in [0.5, 0.6) is 0 Å². The highest BCUT2D eigenvalue weighted by atomic mass is 19.1. The molecule has 0 bridgehead atoms. The van der Waals surface area contributed by atoms with Gasteiger partial charge in [-0.3, -0.25) is 19.1 Å². The molecule has 0 aliphatic carbocycles. The maximum absolute atomic E-state index is 13.0. The standard InChI is InChI=1S/C16H15FN4O4/c17-10-1-3-12(4-2-10)21-6-5-13(16(21)25)15(24)19-11-7-18-20(8-11)9-14(22)23/h1-4,7-8,13H,5-6,9H2,(H,19,24)(H,22,23). The topological polar surface area (TPSA) is 105 Å². The van der Waals surface area contributed by atoms with Crippen molar-refractivity contribution in [2.75, 3.05) is 16.8 Å². The van der Waals surface area contributed by atoms with Gasteiger partial charge < -0.3 is 15.3 Å². The number of anilines is 2. The van der Waals surface area contributed by atoms with Crippen molar-refractivity contribution in [2.45, 2.75) is 13.0 Å². The molecular formula is C16H15FN4O4. The van der Waals surface area contributed by atoms with Crippen molar-refractivity contribution >= 4 is 29.2 Å². The normalized spacial score (nSPS) is 16.9. The minimum Gasteiger partial charge on any atom is -0.480 e. The van der Waals surface area contributed by atoms with Gasteiger partial charge in [0.05, 0.1) is 11.9 Å². The van der Waals surface area contributed by atoms with Crippen LogP contribution in [0, 0.1) is 11.7 Å². The first-order valence-corrected chi connectivity index (χ1v) is 7.56.